The summed E-state index contributed by atoms with van der Waals surface area (Å²) < 4.78 is 40.6. The Labute approximate surface area is 246 Å². The molecule has 0 saturated carbocycles. The standard InChI is InChI=1S/C30H32F3N5O5/c1-4-20(14-22(27(41)42)13-19-5-11-24(39)12-6-19)21-7-9-23(10-8-21)38(28(43)30(31,32)33)16-17(2)15-35-25-18(3)26(40)37-29(34)36-25/h4-12,15,18,22,25,39H,2,13-14,16H2,1,3H3,(H,41,42)(H3,34,36,37,40). The maximum absolute atomic E-state index is 13.5. The molecule has 1 heterocycles. The van der Waals surface area contributed by atoms with E-state index in [4.69, 9.17) is 5.73 Å². The Hall–Kier alpha value is -4.94. The van der Waals surface area contributed by atoms with Gasteiger partial charge in [-0.3, -0.25) is 24.7 Å². The van der Waals surface area contributed by atoms with Crippen LogP contribution >= 0.6 is 0 Å². The van der Waals surface area contributed by atoms with Crippen molar-refractivity contribution in [3.8, 4) is 5.75 Å². The van der Waals surface area contributed by atoms with Gasteiger partial charge in [0.1, 0.15) is 5.75 Å². The highest BCUT2D eigenvalue weighted by Gasteiger charge is 2.43. The van der Waals surface area contributed by atoms with Crippen LogP contribution in [0.3, 0.4) is 0 Å². The predicted molar refractivity (Wildman–Crippen MR) is 156 cm³/mol. The molecular formula is C30H32F3N5O5. The third-order valence-electron chi connectivity index (χ3n) is 6.77. The number of hydrogen-bond donors (Lipinski definition) is 4. The lowest BCUT2D eigenvalue weighted by molar-refractivity contribution is -0.170. The molecule has 0 saturated heterocycles. The quantitative estimate of drug-likeness (QED) is 0.285. The summed E-state index contributed by atoms with van der Waals surface area (Å²) in [7, 11) is 0. The monoisotopic (exact) mass is 599 g/mol. The van der Waals surface area contributed by atoms with Gasteiger partial charge in [0.05, 0.1) is 18.4 Å². The Morgan fingerprint density at radius 1 is 1.19 bits per heavy atom. The molecule has 0 aromatic heterocycles. The first-order valence-electron chi connectivity index (χ1n) is 13.2. The number of nitrogens with zero attached hydrogens (tertiary/aromatic N) is 3. The summed E-state index contributed by atoms with van der Waals surface area (Å²) in [5.74, 6) is -5.12. The first-order valence-corrected chi connectivity index (χ1v) is 13.2. The largest absolute Gasteiger partial charge is 0.508 e. The van der Waals surface area contributed by atoms with Gasteiger partial charge in [0, 0.05) is 11.9 Å². The van der Waals surface area contributed by atoms with E-state index in [2.05, 4.69) is 21.9 Å². The van der Waals surface area contributed by atoms with Crippen LogP contribution in [0.25, 0.3) is 5.57 Å². The average Bonchev–Trinajstić information content (AvgIpc) is 2.95. The molecular weight excluding hydrogens is 567 g/mol. The first kappa shape index (κ1) is 32.6. The van der Waals surface area contributed by atoms with E-state index in [1.165, 1.54) is 36.4 Å². The zero-order valence-corrected chi connectivity index (χ0v) is 23.5. The zero-order valence-electron chi connectivity index (χ0n) is 23.5. The second kappa shape index (κ2) is 13.8. The number of nitrogens with two attached hydrogens (primary N) is 1. The molecule has 3 rings (SSSR count). The SMILES string of the molecule is C=C(C=NC1N=C(N)NC(=O)C1C)CN(C(=O)C(F)(F)F)c1ccc(C(=CC)CC(Cc2ccc(O)cc2)C(=O)O)cc1. The summed E-state index contributed by atoms with van der Waals surface area (Å²) in [6.45, 7) is 6.43. The van der Waals surface area contributed by atoms with Gasteiger partial charge in [0.2, 0.25) is 5.91 Å². The highest BCUT2D eigenvalue weighted by molar-refractivity contribution is 6.00. The molecule has 228 valence electrons. The molecule has 2 amide bonds. The third kappa shape index (κ3) is 8.77. The van der Waals surface area contributed by atoms with Gasteiger partial charge in [0.15, 0.2) is 12.1 Å². The van der Waals surface area contributed by atoms with Crippen LogP contribution < -0.4 is 16.0 Å². The Morgan fingerprint density at radius 2 is 1.81 bits per heavy atom. The van der Waals surface area contributed by atoms with Gasteiger partial charge in [-0.05, 0) is 73.2 Å². The fraction of sp³-hybridized carbons (Fsp3) is 0.300. The lowest BCUT2D eigenvalue weighted by Crippen LogP contribution is -2.47. The number of aliphatic imine (C=N–C) groups is 2. The van der Waals surface area contributed by atoms with E-state index in [9.17, 15) is 37.8 Å². The third-order valence-corrected chi connectivity index (χ3v) is 6.77. The second-order valence-electron chi connectivity index (χ2n) is 10.0. The zero-order chi connectivity index (χ0) is 31.9. The number of aromatic hydroxyl groups is 1. The van der Waals surface area contributed by atoms with Gasteiger partial charge in [0.25, 0.3) is 0 Å². The minimum Gasteiger partial charge on any atom is -0.508 e. The Morgan fingerprint density at radius 3 is 2.37 bits per heavy atom. The van der Waals surface area contributed by atoms with Crippen molar-refractivity contribution in [2.45, 2.75) is 39.0 Å². The van der Waals surface area contributed by atoms with Crippen LogP contribution in [0.4, 0.5) is 18.9 Å². The highest BCUT2D eigenvalue weighted by atomic mass is 19.4. The smallest absolute Gasteiger partial charge is 0.471 e. The number of halogens is 3. The van der Waals surface area contributed by atoms with Crippen molar-refractivity contribution < 1.29 is 37.8 Å². The van der Waals surface area contributed by atoms with Crippen LogP contribution in [-0.4, -0.2) is 59.1 Å². The van der Waals surface area contributed by atoms with Crippen molar-refractivity contribution >= 4 is 41.2 Å². The number of phenols is 1. The van der Waals surface area contributed by atoms with Crippen LogP contribution in [-0.2, 0) is 20.8 Å². The number of guanidine groups is 1. The molecule has 13 heteroatoms. The summed E-state index contributed by atoms with van der Waals surface area (Å²) in [6.07, 6.45) is -2.87. The van der Waals surface area contributed by atoms with Gasteiger partial charge in [-0.2, -0.15) is 13.2 Å². The molecule has 0 bridgehead atoms. The minimum atomic E-state index is -5.18. The number of carboxylic acids is 1. The summed E-state index contributed by atoms with van der Waals surface area (Å²) in [5, 5.41) is 21.6. The summed E-state index contributed by atoms with van der Waals surface area (Å²) in [5.41, 5.74) is 7.47. The number of allylic oxidation sites excluding steroid dienone is 2. The molecule has 3 atom stereocenters. The van der Waals surface area contributed by atoms with Crippen LogP contribution in [0.15, 0.2) is 76.7 Å². The van der Waals surface area contributed by atoms with Crippen molar-refractivity contribution in [1.82, 2.24) is 5.32 Å². The van der Waals surface area contributed by atoms with E-state index in [1.54, 1.807) is 32.1 Å². The van der Waals surface area contributed by atoms with Gasteiger partial charge < -0.3 is 20.8 Å². The van der Waals surface area contributed by atoms with Gasteiger partial charge in [-0.25, -0.2) is 4.99 Å². The lowest BCUT2D eigenvalue weighted by atomic mass is 9.89. The van der Waals surface area contributed by atoms with E-state index >= 15 is 0 Å². The fourth-order valence-electron chi connectivity index (χ4n) is 4.37. The molecule has 2 aromatic carbocycles. The Bertz CT molecular complexity index is 1450. The number of aliphatic carboxylic acids is 1. The Balaban J connectivity index is 1.80. The number of carbonyl (C=O) groups excluding carboxylic acids is 2. The van der Waals surface area contributed by atoms with Crippen LogP contribution in [0.5, 0.6) is 5.75 Å². The van der Waals surface area contributed by atoms with Crippen LogP contribution in [0, 0.1) is 11.8 Å². The maximum Gasteiger partial charge on any atom is 0.471 e. The number of rotatable bonds is 11. The van der Waals surface area contributed by atoms with Crippen LogP contribution in [0.1, 0.15) is 31.4 Å². The van der Waals surface area contributed by atoms with Crippen molar-refractivity contribution in [3.05, 3.63) is 77.9 Å². The number of benzene rings is 2. The summed E-state index contributed by atoms with van der Waals surface area (Å²) in [6, 6.07) is 11.9. The molecule has 43 heavy (non-hydrogen) atoms. The molecule has 0 radical (unpaired) electrons. The number of phenolic OH excluding ortho intramolecular Hbond substituents is 1. The average molecular weight is 600 g/mol. The van der Waals surface area contributed by atoms with Gasteiger partial charge in [-0.15, -0.1) is 0 Å². The number of anilines is 1. The lowest BCUT2D eigenvalue weighted by Gasteiger charge is -2.25. The van der Waals surface area contributed by atoms with E-state index < -0.39 is 48.5 Å². The van der Waals surface area contributed by atoms with Crippen LogP contribution in [0.2, 0.25) is 0 Å². The number of carboxylic acid groups (broad SMARTS) is 1. The molecule has 10 nitrogen and oxygen atoms in total. The molecule has 5 N–H and O–H groups in total. The van der Waals surface area contributed by atoms with E-state index in [0.717, 1.165) is 11.8 Å². The summed E-state index contributed by atoms with van der Waals surface area (Å²) in [4.78, 5) is 44.9. The number of amides is 2. The molecule has 1 aliphatic heterocycles. The van der Waals surface area contributed by atoms with E-state index in [-0.39, 0.29) is 35.8 Å². The fourth-order valence-corrected chi connectivity index (χ4v) is 4.37. The van der Waals surface area contributed by atoms with Gasteiger partial charge in [-0.1, -0.05) is 36.9 Å². The van der Waals surface area contributed by atoms with Crippen molar-refractivity contribution in [2.24, 2.45) is 27.6 Å². The molecule has 0 spiro atoms. The minimum absolute atomic E-state index is 0.0429. The number of hydrogen-bond acceptors (Lipinski definition) is 7. The second-order valence-corrected chi connectivity index (χ2v) is 10.0. The maximum atomic E-state index is 13.5. The molecule has 0 fully saturated rings. The highest BCUT2D eigenvalue weighted by Crippen LogP contribution is 2.30. The normalized spacial score (nSPS) is 18.1. The van der Waals surface area contributed by atoms with Gasteiger partial charge >= 0.3 is 18.1 Å². The molecule has 0 aliphatic carbocycles. The van der Waals surface area contributed by atoms with E-state index in [0.29, 0.717) is 16.0 Å². The number of nitrogens with one attached hydrogen (secondary N) is 1. The predicted octanol–water partition coefficient (Wildman–Crippen LogP) is 4.06. The molecule has 3 unspecified atom stereocenters. The first-order chi connectivity index (χ1) is 20.2. The van der Waals surface area contributed by atoms with Crippen molar-refractivity contribution in [2.75, 3.05) is 11.4 Å². The number of carbonyl (C=O) groups is 3. The molecule has 1 aliphatic rings. The van der Waals surface area contributed by atoms with Crippen molar-refractivity contribution in [3.63, 3.8) is 0 Å². The molecule has 2 aromatic rings. The number of alkyl halides is 3. The Kier molecular flexibility index (Phi) is 10.5. The summed E-state index contributed by atoms with van der Waals surface area (Å²) >= 11 is 0. The van der Waals surface area contributed by atoms with E-state index in [1.807, 2.05) is 0 Å². The topological polar surface area (TPSA) is 158 Å². The van der Waals surface area contributed by atoms with Crippen molar-refractivity contribution in [1.29, 1.82) is 0 Å².